The molecule has 1 aliphatic heterocycles. The van der Waals surface area contributed by atoms with Crippen molar-refractivity contribution in [2.24, 2.45) is 0 Å². The second kappa shape index (κ2) is 3.74. The SMILES string of the molecule is CC1(C)CCc2cc(F)c(Cl)c(C=O)c2O1. The Hall–Kier alpha value is -1.09. The summed E-state index contributed by atoms with van der Waals surface area (Å²) in [5.74, 6) is -0.136. The van der Waals surface area contributed by atoms with Crippen LogP contribution in [-0.2, 0) is 6.42 Å². The van der Waals surface area contributed by atoms with E-state index in [-0.39, 0.29) is 16.2 Å². The smallest absolute Gasteiger partial charge is 0.155 e. The van der Waals surface area contributed by atoms with Crippen LogP contribution < -0.4 is 4.74 Å². The van der Waals surface area contributed by atoms with Crippen LogP contribution in [0.25, 0.3) is 0 Å². The number of benzene rings is 1. The fraction of sp³-hybridized carbons (Fsp3) is 0.417. The minimum Gasteiger partial charge on any atom is -0.487 e. The Balaban J connectivity index is 2.61. The fourth-order valence-electron chi connectivity index (χ4n) is 1.86. The maximum absolute atomic E-state index is 13.4. The Kier molecular flexibility index (Phi) is 2.66. The first-order chi connectivity index (χ1) is 7.44. The molecule has 1 heterocycles. The predicted octanol–water partition coefficient (Wildman–Crippen LogP) is 3.40. The number of aryl methyl sites for hydroxylation is 1. The zero-order valence-corrected chi connectivity index (χ0v) is 9.90. The van der Waals surface area contributed by atoms with E-state index < -0.39 is 5.82 Å². The van der Waals surface area contributed by atoms with Crippen LogP contribution in [0.5, 0.6) is 5.75 Å². The van der Waals surface area contributed by atoms with E-state index in [1.54, 1.807) is 0 Å². The molecular formula is C12H12ClFO2. The Morgan fingerprint density at radius 2 is 2.25 bits per heavy atom. The Morgan fingerprint density at radius 1 is 1.56 bits per heavy atom. The van der Waals surface area contributed by atoms with Crippen molar-refractivity contribution >= 4 is 17.9 Å². The Bertz CT molecular complexity index is 455. The van der Waals surface area contributed by atoms with E-state index in [1.165, 1.54) is 6.07 Å². The van der Waals surface area contributed by atoms with Gasteiger partial charge in [0.1, 0.15) is 17.2 Å². The molecule has 0 saturated heterocycles. The molecule has 0 aromatic heterocycles. The van der Waals surface area contributed by atoms with Crippen molar-refractivity contribution in [1.29, 1.82) is 0 Å². The quantitative estimate of drug-likeness (QED) is 0.706. The lowest BCUT2D eigenvalue weighted by molar-refractivity contribution is 0.0822. The molecule has 0 unspecified atom stereocenters. The van der Waals surface area contributed by atoms with Gasteiger partial charge in [-0.05, 0) is 38.3 Å². The molecule has 0 fully saturated rings. The van der Waals surface area contributed by atoms with E-state index in [4.69, 9.17) is 16.3 Å². The lowest BCUT2D eigenvalue weighted by Gasteiger charge is -2.33. The average molecular weight is 243 g/mol. The van der Waals surface area contributed by atoms with Gasteiger partial charge >= 0.3 is 0 Å². The van der Waals surface area contributed by atoms with Gasteiger partial charge in [-0.1, -0.05) is 11.6 Å². The van der Waals surface area contributed by atoms with Gasteiger partial charge in [0.05, 0.1) is 10.6 Å². The number of halogens is 2. The summed E-state index contributed by atoms with van der Waals surface area (Å²) in [6.45, 7) is 3.86. The van der Waals surface area contributed by atoms with Crippen LogP contribution in [0.4, 0.5) is 4.39 Å². The molecule has 2 nitrogen and oxygen atoms in total. The molecule has 1 aliphatic rings. The van der Waals surface area contributed by atoms with Crippen molar-refractivity contribution in [2.75, 3.05) is 0 Å². The van der Waals surface area contributed by atoms with E-state index in [1.807, 2.05) is 13.8 Å². The topological polar surface area (TPSA) is 26.3 Å². The van der Waals surface area contributed by atoms with Gasteiger partial charge in [0.25, 0.3) is 0 Å². The second-order valence-electron chi connectivity index (χ2n) is 4.55. The number of aldehydes is 1. The fourth-order valence-corrected chi connectivity index (χ4v) is 2.04. The third kappa shape index (κ3) is 1.80. The van der Waals surface area contributed by atoms with Gasteiger partial charge in [-0.15, -0.1) is 0 Å². The highest BCUT2D eigenvalue weighted by molar-refractivity contribution is 6.33. The molecule has 0 N–H and O–H groups in total. The summed E-state index contributed by atoms with van der Waals surface area (Å²) in [6.07, 6.45) is 2.03. The normalized spacial score (nSPS) is 17.5. The van der Waals surface area contributed by atoms with Gasteiger partial charge in [0, 0.05) is 0 Å². The van der Waals surface area contributed by atoms with E-state index in [0.29, 0.717) is 24.0 Å². The Morgan fingerprint density at radius 3 is 2.88 bits per heavy atom. The molecule has 16 heavy (non-hydrogen) atoms. The van der Waals surface area contributed by atoms with Gasteiger partial charge < -0.3 is 4.74 Å². The Labute approximate surface area is 98.4 Å². The first kappa shape index (κ1) is 11.4. The summed E-state index contributed by atoms with van der Waals surface area (Å²) in [4.78, 5) is 10.9. The van der Waals surface area contributed by atoms with Crippen molar-refractivity contribution in [3.8, 4) is 5.75 Å². The van der Waals surface area contributed by atoms with Crippen LogP contribution in [0.15, 0.2) is 6.07 Å². The molecule has 0 saturated carbocycles. The van der Waals surface area contributed by atoms with Crippen LogP contribution in [0.1, 0.15) is 36.2 Å². The molecule has 0 aliphatic carbocycles. The zero-order chi connectivity index (χ0) is 11.9. The number of hydrogen-bond donors (Lipinski definition) is 0. The summed E-state index contributed by atoms with van der Waals surface area (Å²) in [6, 6.07) is 1.35. The van der Waals surface area contributed by atoms with Crippen molar-refractivity contribution < 1.29 is 13.9 Å². The first-order valence-electron chi connectivity index (χ1n) is 5.10. The molecule has 0 spiro atoms. The molecule has 1 aromatic rings. The summed E-state index contributed by atoms with van der Waals surface area (Å²) in [5, 5.41) is -0.161. The largest absolute Gasteiger partial charge is 0.487 e. The lowest BCUT2D eigenvalue weighted by Crippen LogP contribution is -2.33. The predicted molar refractivity (Wildman–Crippen MR) is 59.8 cm³/mol. The van der Waals surface area contributed by atoms with E-state index in [0.717, 1.165) is 6.42 Å². The molecule has 0 atom stereocenters. The summed E-state index contributed by atoms with van der Waals surface area (Å²) in [5.41, 5.74) is 0.485. The number of ether oxygens (including phenoxy) is 1. The van der Waals surface area contributed by atoms with Crippen LogP contribution in [0.3, 0.4) is 0 Å². The van der Waals surface area contributed by atoms with E-state index >= 15 is 0 Å². The summed E-state index contributed by atoms with van der Waals surface area (Å²) < 4.78 is 19.1. The minimum atomic E-state index is -0.564. The van der Waals surface area contributed by atoms with Crippen LogP contribution in [-0.4, -0.2) is 11.9 Å². The second-order valence-corrected chi connectivity index (χ2v) is 4.93. The minimum absolute atomic E-state index is 0.115. The lowest BCUT2D eigenvalue weighted by atomic mass is 9.93. The highest BCUT2D eigenvalue weighted by Gasteiger charge is 2.30. The molecule has 4 heteroatoms. The average Bonchev–Trinajstić information content (AvgIpc) is 2.20. The summed E-state index contributed by atoms with van der Waals surface area (Å²) in [7, 11) is 0. The first-order valence-corrected chi connectivity index (χ1v) is 5.47. The molecule has 86 valence electrons. The van der Waals surface area contributed by atoms with Gasteiger partial charge in [0.2, 0.25) is 0 Å². The zero-order valence-electron chi connectivity index (χ0n) is 9.14. The number of rotatable bonds is 1. The summed E-state index contributed by atoms with van der Waals surface area (Å²) >= 11 is 5.74. The maximum Gasteiger partial charge on any atom is 0.155 e. The van der Waals surface area contributed by atoms with Crippen molar-refractivity contribution in [2.45, 2.75) is 32.3 Å². The number of carbonyl (C=O) groups is 1. The number of carbonyl (C=O) groups excluding carboxylic acids is 1. The highest BCUT2D eigenvalue weighted by Crippen LogP contribution is 2.39. The molecule has 0 bridgehead atoms. The standard InChI is InChI=1S/C12H12ClFO2/c1-12(2)4-3-7-5-9(14)10(13)8(6-15)11(7)16-12/h5-6H,3-4H2,1-2H3. The van der Waals surface area contributed by atoms with Crippen molar-refractivity contribution in [1.82, 2.24) is 0 Å². The third-order valence-corrected chi connectivity index (χ3v) is 3.16. The molecule has 2 rings (SSSR count). The number of fused-ring (bicyclic) bond motifs is 1. The molecule has 0 amide bonds. The van der Waals surface area contributed by atoms with Crippen molar-refractivity contribution in [3.63, 3.8) is 0 Å². The van der Waals surface area contributed by atoms with Crippen LogP contribution >= 0.6 is 11.6 Å². The third-order valence-electron chi connectivity index (χ3n) is 2.78. The molecular weight excluding hydrogens is 231 g/mol. The maximum atomic E-state index is 13.4. The molecule has 1 aromatic carbocycles. The van der Waals surface area contributed by atoms with Crippen molar-refractivity contribution in [3.05, 3.63) is 28.0 Å². The number of hydrogen-bond acceptors (Lipinski definition) is 2. The van der Waals surface area contributed by atoms with E-state index in [2.05, 4.69) is 0 Å². The van der Waals surface area contributed by atoms with Gasteiger partial charge in [-0.3, -0.25) is 4.79 Å². The van der Waals surface area contributed by atoms with E-state index in [9.17, 15) is 9.18 Å². The van der Waals surface area contributed by atoms with Crippen LogP contribution in [0, 0.1) is 5.82 Å². The monoisotopic (exact) mass is 242 g/mol. The van der Waals surface area contributed by atoms with Gasteiger partial charge in [-0.25, -0.2) is 4.39 Å². The van der Waals surface area contributed by atoms with Gasteiger partial charge in [-0.2, -0.15) is 0 Å². The van der Waals surface area contributed by atoms with Gasteiger partial charge in [0.15, 0.2) is 6.29 Å². The highest BCUT2D eigenvalue weighted by atomic mass is 35.5. The molecule has 0 radical (unpaired) electrons. The van der Waals surface area contributed by atoms with Crippen LogP contribution in [0.2, 0.25) is 5.02 Å².